The minimum Gasteiger partial charge on any atom is -0.494 e. The zero-order chi connectivity index (χ0) is 17.8. The molecule has 0 bridgehead atoms. The zero-order valence-corrected chi connectivity index (χ0v) is 14.7. The highest BCUT2D eigenvalue weighted by Gasteiger charge is 2.18. The van der Waals surface area contributed by atoms with Crippen molar-refractivity contribution in [1.82, 2.24) is 9.88 Å². The van der Waals surface area contributed by atoms with Gasteiger partial charge in [-0.05, 0) is 50.6 Å². The normalized spacial score (nSPS) is 16.4. The summed E-state index contributed by atoms with van der Waals surface area (Å²) in [5.41, 5.74) is 2.69. The van der Waals surface area contributed by atoms with Crippen LogP contribution in [0.4, 0.5) is 0 Å². The number of rotatable bonds is 5. The molecule has 5 heteroatoms. The van der Waals surface area contributed by atoms with E-state index < -0.39 is 5.97 Å². The molecule has 0 saturated carbocycles. The van der Waals surface area contributed by atoms with Crippen LogP contribution in [0.5, 0.6) is 5.75 Å². The molecule has 0 radical (unpaired) electrons. The lowest BCUT2D eigenvalue weighted by molar-refractivity contribution is 0.0690. The molecular weight excluding hydrogens is 316 g/mol. The Hall–Kier alpha value is -2.40. The maximum absolute atomic E-state index is 11.2. The largest absolute Gasteiger partial charge is 0.494 e. The fraction of sp³-hybridized carbons (Fsp3) is 0.400. The molecule has 25 heavy (non-hydrogen) atoms. The van der Waals surface area contributed by atoms with Gasteiger partial charge in [-0.2, -0.15) is 0 Å². The third kappa shape index (κ3) is 3.82. The first-order valence-electron chi connectivity index (χ1n) is 8.73. The number of hydrogen-bond acceptors (Lipinski definition) is 4. The van der Waals surface area contributed by atoms with Gasteiger partial charge in [-0.3, -0.25) is 4.90 Å². The number of aromatic nitrogens is 1. The van der Waals surface area contributed by atoms with Crippen LogP contribution < -0.4 is 4.74 Å². The van der Waals surface area contributed by atoms with Crippen LogP contribution in [0, 0.1) is 0 Å². The van der Waals surface area contributed by atoms with E-state index in [9.17, 15) is 9.90 Å². The predicted octanol–water partition coefficient (Wildman–Crippen LogP) is 4.00. The van der Waals surface area contributed by atoms with Crippen molar-refractivity contribution in [3.8, 4) is 17.0 Å². The summed E-state index contributed by atoms with van der Waals surface area (Å²) in [7, 11) is 1.56. The van der Waals surface area contributed by atoms with Crippen LogP contribution >= 0.6 is 0 Å². The Morgan fingerprint density at radius 1 is 1.12 bits per heavy atom. The first-order chi connectivity index (χ1) is 12.1. The maximum Gasteiger partial charge on any atom is 0.354 e. The molecule has 0 spiro atoms. The average Bonchev–Trinajstić information content (AvgIpc) is 2.67. The van der Waals surface area contributed by atoms with Crippen molar-refractivity contribution in [1.29, 1.82) is 0 Å². The van der Waals surface area contributed by atoms with Crippen molar-refractivity contribution in [2.24, 2.45) is 0 Å². The lowest BCUT2D eigenvalue weighted by Crippen LogP contribution is -2.32. The number of carboxylic acid groups (broad SMARTS) is 1. The van der Waals surface area contributed by atoms with Crippen molar-refractivity contribution in [2.45, 2.75) is 32.2 Å². The van der Waals surface area contributed by atoms with Gasteiger partial charge in [0.15, 0.2) is 0 Å². The zero-order valence-electron chi connectivity index (χ0n) is 14.7. The highest BCUT2D eigenvalue weighted by molar-refractivity contribution is 5.86. The van der Waals surface area contributed by atoms with E-state index in [2.05, 4.69) is 28.9 Å². The standard InChI is InChI=1S/C20H24N2O3/c1-14(22-12-4-3-5-13-22)15-6-8-16(9-7-15)19-18(25-2)11-10-17(21-19)20(23)24/h6-11,14H,3-5,12-13H2,1-2H3,(H,23,24). The summed E-state index contributed by atoms with van der Waals surface area (Å²) in [4.78, 5) is 18.0. The number of hydrogen-bond donors (Lipinski definition) is 1. The van der Waals surface area contributed by atoms with Crippen molar-refractivity contribution in [3.05, 3.63) is 47.7 Å². The number of aromatic carboxylic acids is 1. The fourth-order valence-electron chi connectivity index (χ4n) is 3.37. The van der Waals surface area contributed by atoms with Gasteiger partial charge in [-0.15, -0.1) is 0 Å². The molecule has 1 aliphatic rings. The summed E-state index contributed by atoms with van der Waals surface area (Å²) in [5, 5.41) is 9.17. The molecule has 0 aliphatic carbocycles. The monoisotopic (exact) mass is 340 g/mol. The fourth-order valence-corrected chi connectivity index (χ4v) is 3.37. The molecule has 1 aromatic heterocycles. The molecule has 2 heterocycles. The van der Waals surface area contributed by atoms with Crippen LogP contribution in [-0.2, 0) is 0 Å². The molecule has 5 nitrogen and oxygen atoms in total. The summed E-state index contributed by atoms with van der Waals surface area (Å²) in [5.74, 6) is -0.471. The summed E-state index contributed by atoms with van der Waals surface area (Å²) in [6.45, 7) is 4.54. The number of carboxylic acids is 1. The number of benzene rings is 1. The van der Waals surface area contributed by atoms with Crippen LogP contribution in [0.3, 0.4) is 0 Å². The number of methoxy groups -OCH3 is 1. The van der Waals surface area contributed by atoms with Gasteiger partial charge in [0.05, 0.1) is 7.11 Å². The van der Waals surface area contributed by atoms with E-state index in [0.29, 0.717) is 17.5 Å². The topological polar surface area (TPSA) is 62.7 Å². The van der Waals surface area contributed by atoms with E-state index in [1.54, 1.807) is 13.2 Å². The van der Waals surface area contributed by atoms with Crippen molar-refractivity contribution >= 4 is 5.97 Å². The second-order valence-electron chi connectivity index (χ2n) is 6.45. The van der Waals surface area contributed by atoms with Gasteiger partial charge >= 0.3 is 5.97 Å². The number of ether oxygens (including phenoxy) is 1. The summed E-state index contributed by atoms with van der Waals surface area (Å²) >= 11 is 0. The molecule has 132 valence electrons. The lowest BCUT2D eigenvalue weighted by atomic mass is 10.0. The van der Waals surface area contributed by atoms with Crippen LogP contribution in [0.15, 0.2) is 36.4 Å². The molecule has 1 unspecified atom stereocenters. The van der Waals surface area contributed by atoms with Gasteiger partial charge in [0.2, 0.25) is 0 Å². The average molecular weight is 340 g/mol. The summed E-state index contributed by atoms with van der Waals surface area (Å²) in [6.07, 6.45) is 3.87. The first-order valence-corrected chi connectivity index (χ1v) is 8.73. The summed E-state index contributed by atoms with van der Waals surface area (Å²) < 4.78 is 5.34. The highest BCUT2D eigenvalue weighted by atomic mass is 16.5. The van der Waals surface area contributed by atoms with E-state index in [4.69, 9.17) is 4.74 Å². The van der Waals surface area contributed by atoms with Gasteiger partial charge in [-0.25, -0.2) is 9.78 Å². The van der Waals surface area contributed by atoms with Gasteiger partial charge < -0.3 is 9.84 Å². The molecule has 1 N–H and O–H groups in total. The number of likely N-dealkylation sites (tertiary alicyclic amines) is 1. The minimum absolute atomic E-state index is 0.0153. The second kappa shape index (κ2) is 7.66. The molecule has 1 aliphatic heterocycles. The number of nitrogens with zero attached hydrogens (tertiary/aromatic N) is 2. The second-order valence-corrected chi connectivity index (χ2v) is 6.45. The van der Waals surface area contributed by atoms with Gasteiger partial charge in [0.1, 0.15) is 17.1 Å². The number of piperidine rings is 1. The van der Waals surface area contributed by atoms with Crippen LogP contribution in [0.2, 0.25) is 0 Å². The Morgan fingerprint density at radius 2 is 1.80 bits per heavy atom. The van der Waals surface area contributed by atoms with Crippen LogP contribution in [-0.4, -0.2) is 41.2 Å². The minimum atomic E-state index is -1.04. The molecule has 1 fully saturated rings. The van der Waals surface area contributed by atoms with E-state index in [0.717, 1.165) is 18.7 Å². The highest BCUT2D eigenvalue weighted by Crippen LogP contribution is 2.30. The lowest BCUT2D eigenvalue weighted by Gasteiger charge is -2.32. The molecule has 3 rings (SSSR count). The quantitative estimate of drug-likeness (QED) is 0.891. The smallest absolute Gasteiger partial charge is 0.354 e. The Kier molecular flexibility index (Phi) is 5.34. The third-order valence-electron chi connectivity index (χ3n) is 4.90. The molecular formula is C20H24N2O3. The molecule has 0 amide bonds. The number of carbonyl (C=O) groups is 1. The van der Waals surface area contributed by atoms with E-state index in [1.807, 2.05) is 12.1 Å². The Balaban J connectivity index is 1.87. The van der Waals surface area contributed by atoms with E-state index in [1.165, 1.54) is 30.9 Å². The molecule has 2 aromatic rings. The molecule has 1 saturated heterocycles. The predicted molar refractivity (Wildman–Crippen MR) is 97.0 cm³/mol. The van der Waals surface area contributed by atoms with Crippen molar-refractivity contribution in [2.75, 3.05) is 20.2 Å². The van der Waals surface area contributed by atoms with Crippen LogP contribution in [0.25, 0.3) is 11.3 Å². The first kappa shape index (κ1) is 17.4. The number of pyridine rings is 1. The Bertz CT molecular complexity index is 737. The van der Waals surface area contributed by atoms with E-state index >= 15 is 0 Å². The van der Waals surface area contributed by atoms with E-state index in [-0.39, 0.29) is 5.69 Å². The Morgan fingerprint density at radius 3 is 2.40 bits per heavy atom. The van der Waals surface area contributed by atoms with Crippen molar-refractivity contribution in [3.63, 3.8) is 0 Å². The van der Waals surface area contributed by atoms with Gasteiger partial charge in [0.25, 0.3) is 0 Å². The van der Waals surface area contributed by atoms with Crippen molar-refractivity contribution < 1.29 is 14.6 Å². The summed E-state index contributed by atoms with van der Waals surface area (Å²) in [6, 6.07) is 11.7. The molecule has 1 aromatic carbocycles. The Labute approximate surface area is 148 Å². The van der Waals surface area contributed by atoms with Crippen LogP contribution in [0.1, 0.15) is 48.3 Å². The third-order valence-corrected chi connectivity index (χ3v) is 4.90. The molecule has 1 atom stereocenters. The SMILES string of the molecule is COc1ccc(C(=O)O)nc1-c1ccc(C(C)N2CCCCC2)cc1. The van der Waals surface area contributed by atoms with Gasteiger partial charge in [-0.1, -0.05) is 30.7 Å². The van der Waals surface area contributed by atoms with Gasteiger partial charge in [0, 0.05) is 11.6 Å². The maximum atomic E-state index is 11.2.